The van der Waals surface area contributed by atoms with Crippen LogP contribution in [0.3, 0.4) is 0 Å². The zero-order valence-corrected chi connectivity index (χ0v) is 13.7. The summed E-state index contributed by atoms with van der Waals surface area (Å²) in [6.07, 6.45) is -4.19. The van der Waals surface area contributed by atoms with Crippen LogP contribution in [0.15, 0.2) is 23.1 Å². The lowest BCUT2D eigenvalue weighted by molar-refractivity contribution is -0.137. The third-order valence-corrected chi connectivity index (χ3v) is 5.55. The fourth-order valence-electron chi connectivity index (χ4n) is 2.33. The minimum Gasteiger partial charge on any atom is -0.315 e. The Hall–Kier alpha value is -1.34. The largest absolute Gasteiger partial charge is 0.417 e. The highest BCUT2D eigenvalue weighted by Crippen LogP contribution is 2.34. The maximum Gasteiger partial charge on any atom is 0.417 e. The number of hydrogen-bond donors (Lipinski definition) is 1. The van der Waals surface area contributed by atoms with Crippen molar-refractivity contribution < 1.29 is 21.6 Å². The highest BCUT2D eigenvalue weighted by Gasteiger charge is 2.36. The van der Waals surface area contributed by atoms with Crippen LogP contribution < -0.4 is 5.32 Å². The van der Waals surface area contributed by atoms with Gasteiger partial charge < -0.3 is 5.32 Å². The first-order valence-electron chi connectivity index (χ1n) is 6.48. The van der Waals surface area contributed by atoms with E-state index in [-0.39, 0.29) is 18.4 Å². The second-order valence-electron chi connectivity index (χ2n) is 4.98. The Balaban J connectivity index is 0.00000264. The monoisotopic (exact) mass is 369 g/mol. The third-order valence-electron chi connectivity index (χ3n) is 3.64. The van der Waals surface area contributed by atoms with Crippen LogP contribution in [0.5, 0.6) is 0 Å². The minimum atomic E-state index is -4.79. The molecule has 10 heteroatoms. The van der Waals surface area contributed by atoms with E-state index in [4.69, 9.17) is 5.26 Å². The molecule has 1 fully saturated rings. The number of alkyl halides is 3. The van der Waals surface area contributed by atoms with Crippen molar-refractivity contribution in [2.75, 3.05) is 20.1 Å². The maximum absolute atomic E-state index is 12.9. The van der Waals surface area contributed by atoms with Gasteiger partial charge in [0.05, 0.1) is 22.1 Å². The van der Waals surface area contributed by atoms with E-state index in [9.17, 15) is 21.6 Å². The quantitative estimate of drug-likeness (QED) is 0.884. The lowest BCUT2D eigenvalue weighted by Gasteiger charge is -2.23. The summed E-state index contributed by atoms with van der Waals surface area (Å²) in [6, 6.07) is 3.57. The Bertz CT molecular complexity index is 710. The average molecular weight is 370 g/mol. The van der Waals surface area contributed by atoms with Gasteiger partial charge in [-0.1, -0.05) is 0 Å². The van der Waals surface area contributed by atoms with Crippen molar-refractivity contribution >= 4 is 22.4 Å². The Morgan fingerprint density at radius 1 is 1.39 bits per heavy atom. The molecular formula is C13H15ClF3N3O2S. The molecule has 1 aliphatic heterocycles. The molecule has 0 saturated carbocycles. The number of likely N-dealkylation sites (N-methyl/N-ethyl adjacent to an activating group) is 1. The number of nitrogens with zero attached hydrogens (tertiary/aromatic N) is 2. The molecule has 1 aromatic carbocycles. The van der Waals surface area contributed by atoms with E-state index >= 15 is 0 Å². The number of hydrogen-bond acceptors (Lipinski definition) is 4. The smallest absolute Gasteiger partial charge is 0.315 e. The molecule has 0 amide bonds. The summed E-state index contributed by atoms with van der Waals surface area (Å²) in [5, 5.41) is 11.7. The van der Waals surface area contributed by atoms with Gasteiger partial charge in [-0.05, 0) is 31.2 Å². The molecule has 0 radical (unpaired) electrons. The first-order valence-corrected chi connectivity index (χ1v) is 7.92. The summed E-state index contributed by atoms with van der Waals surface area (Å²) in [6.45, 7) is 1.11. The van der Waals surface area contributed by atoms with Crippen LogP contribution in [0, 0.1) is 11.3 Å². The van der Waals surface area contributed by atoms with Crippen molar-refractivity contribution in [1.29, 1.82) is 5.26 Å². The van der Waals surface area contributed by atoms with Crippen LogP contribution in [0.4, 0.5) is 13.2 Å². The van der Waals surface area contributed by atoms with Gasteiger partial charge in [0.2, 0.25) is 10.0 Å². The standard InChI is InChI=1S/C13H14F3N3O2S.ClH/c1-19(10-4-5-18-8-10)22(20,21)11-3-2-9(7-17)12(6-11)13(14,15)16;/h2-3,6,10,18H,4-5,8H2,1H3;1H. The predicted octanol–water partition coefficient (Wildman–Crippen LogP) is 1.98. The van der Waals surface area contributed by atoms with Crippen LogP contribution >= 0.6 is 12.4 Å². The van der Waals surface area contributed by atoms with Gasteiger partial charge in [0.25, 0.3) is 0 Å². The van der Waals surface area contributed by atoms with Gasteiger partial charge in [-0.2, -0.15) is 22.7 Å². The SMILES string of the molecule is CN(C1CCNC1)S(=O)(=O)c1ccc(C#N)c(C(F)(F)F)c1.Cl. The van der Waals surface area contributed by atoms with E-state index in [1.165, 1.54) is 13.1 Å². The van der Waals surface area contributed by atoms with Crippen molar-refractivity contribution in [3.8, 4) is 6.07 Å². The summed E-state index contributed by atoms with van der Waals surface area (Å²) in [4.78, 5) is -0.465. The van der Waals surface area contributed by atoms with Gasteiger partial charge in [-0.3, -0.25) is 0 Å². The van der Waals surface area contributed by atoms with Gasteiger partial charge in [-0.15, -0.1) is 12.4 Å². The van der Waals surface area contributed by atoms with Crippen LogP contribution in [0.1, 0.15) is 17.5 Å². The fraction of sp³-hybridized carbons (Fsp3) is 0.462. The van der Waals surface area contributed by atoms with Gasteiger partial charge >= 0.3 is 6.18 Å². The van der Waals surface area contributed by atoms with Crippen LogP contribution in [-0.4, -0.2) is 38.9 Å². The van der Waals surface area contributed by atoms with Crippen molar-refractivity contribution in [3.05, 3.63) is 29.3 Å². The van der Waals surface area contributed by atoms with Gasteiger partial charge in [-0.25, -0.2) is 8.42 Å². The molecule has 0 spiro atoms. The first-order chi connectivity index (χ1) is 10.2. The molecule has 1 heterocycles. The molecule has 0 aliphatic carbocycles. The zero-order chi connectivity index (χ0) is 16.5. The summed E-state index contributed by atoms with van der Waals surface area (Å²) in [5.41, 5.74) is -1.84. The molecule has 2 rings (SSSR count). The van der Waals surface area contributed by atoms with Crippen LogP contribution in [0.25, 0.3) is 0 Å². The maximum atomic E-state index is 12.9. The Kier molecular flexibility index (Phi) is 6.04. The van der Waals surface area contributed by atoms with Crippen molar-refractivity contribution in [3.63, 3.8) is 0 Å². The van der Waals surface area contributed by atoms with E-state index in [0.717, 1.165) is 16.4 Å². The molecular weight excluding hydrogens is 355 g/mol. The fourth-order valence-corrected chi connectivity index (χ4v) is 3.74. The average Bonchev–Trinajstić information content (AvgIpc) is 2.98. The highest BCUT2D eigenvalue weighted by atomic mass is 35.5. The normalized spacial score (nSPS) is 18.5. The summed E-state index contributed by atoms with van der Waals surface area (Å²) >= 11 is 0. The Labute approximate surface area is 138 Å². The number of nitriles is 1. The van der Waals surface area contributed by atoms with Gasteiger partial charge in [0.1, 0.15) is 0 Å². The van der Waals surface area contributed by atoms with Crippen molar-refractivity contribution in [2.45, 2.75) is 23.5 Å². The topological polar surface area (TPSA) is 73.2 Å². The first kappa shape index (κ1) is 19.7. The molecule has 1 aliphatic rings. The Morgan fingerprint density at radius 3 is 2.52 bits per heavy atom. The number of benzene rings is 1. The second-order valence-corrected chi connectivity index (χ2v) is 6.98. The second kappa shape index (κ2) is 7.05. The van der Waals surface area contributed by atoms with E-state index in [1.54, 1.807) is 0 Å². The van der Waals surface area contributed by atoms with Crippen molar-refractivity contribution in [2.24, 2.45) is 0 Å². The summed E-state index contributed by atoms with van der Waals surface area (Å²) in [7, 11) is -2.70. The van der Waals surface area contributed by atoms with Crippen LogP contribution in [0.2, 0.25) is 0 Å². The molecule has 128 valence electrons. The highest BCUT2D eigenvalue weighted by molar-refractivity contribution is 7.89. The van der Waals surface area contributed by atoms with E-state index in [0.29, 0.717) is 25.6 Å². The molecule has 0 aromatic heterocycles. The third kappa shape index (κ3) is 3.95. The molecule has 0 bridgehead atoms. The van der Waals surface area contributed by atoms with E-state index < -0.39 is 32.2 Å². The number of halogens is 4. The molecule has 23 heavy (non-hydrogen) atoms. The van der Waals surface area contributed by atoms with Gasteiger partial charge in [0, 0.05) is 19.6 Å². The van der Waals surface area contributed by atoms with Gasteiger partial charge in [0.15, 0.2) is 0 Å². The molecule has 1 unspecified atom stereocenters. The minimum absolute atomic E-state index is 0. The molecule has 1 atom stereocenters. The predicted molar refractivity (Wildman–Crippen MR) is 79.6 cm³/mol. The lowest BCUT2D eigenvalue weighted by Crippen LogP contribution is -2.38. The number of sulfonamides is 1. The lowest BCUT2D eigenvalue weighted by atomic mass is 10.1. The summed E-state index contributed by atoms with van der Waals surface area (Å²) < 4.78 is 64.8. The van der Waals surface area contributed by atoms with E-state index in [1.807, 2.05) is 0 Å². The van der Waals surface area contributed by atoms with Crippen molar-refractivity contribution in [1.82, 2.24) is 9.62 Å². The molecule has 1 aromatic rings. The van der Waals surface area contributed by atoms with E-state index in [2.05, 4.69) is 5.32 Å². The number of rotatable bonds is 3. The summed E-state index contributed by atoms with van der Waals surface area (Å²) in [5.74, 6) is 0. The Morgan fingerprint density at radius 2 is 2.04 bits per heavy atom. The number of nitrogens with one attached hydrogen (secondary N) is 1. The van der Waals surface area contributed by atoms with Crippen LogP contribution in [-0.2, 0) is 16.2 Å². The molecule has 1 saturated heterocycles. The molecule has 1 N–H and O–H groups in total. The molecule has 5 nitrogen and oxygen atoms in total. The zero-order valence-electron chi connectivity index (χ0n) is 12.1.